The number of hydrogen-bond acceptors (Lipinski definition) is 1. The summed E-state index contributed by atoms with van der Waals surface area (Å²) in [5.41, 5.74) is 1.31. The largest absolute Gasteiger partial charge is 0.494 e. The van der Waals surface area contributed by atoms with Gasteiger partial charge in [0.1, 0.15) is 5.76 Å². The van der Waals surface area contributed by atoms with E-state index >= 15 is 0 Å². The highest BCUT2D eigenvalue weighted by Crippen LogP contribution is 2.19. The predicted octanol–water partition coefficient (Wildman–Crippen LogP) is 4.10. The van der Waals surface area contributed by atoms with E-state index in [1.54, 1.807) is 6.08 Å². The van der Waals surface area contributed by atoms with Crippen molar-refractivity contribution in [2.24, 2.45) is 0 Å². The number of rotatable bonds is 5. The fourth-order valence-electron chi connectivity index (χ4n) is 1.86. The van der Waals surface area contributed by atoms with Crippen molar-refractivity contribution in [2.75, 3.05) is 6.61 Å². The number of benzene rings is 2. The minimum Gasteiger partial charge on any atom is -0.494 e. The molecule has 0 amide bonds. The average molecular weight is 224 g/mol. The zero-order valence-corrected chi connectivity index (χ0v) is 9.86. The lowest BCUT2D eigenvalue weighted by molar-refractivity contribution is 0.230. The molecule has 0 spiro atoms. The first-order chi connectivity index (χ1) is 8.31. The van der Waals surface area contributed by atoms with Gasteiger partial charge in [-0.15, -0.1) is 0 Å². The molecule has 0 aliphatic rings. The summed E-state index contributed by atoms with van der Waals surface area (Å²) in [4.78, 5) is 0. The highest BCUT2D eigenvalue weighted by Gasteiger charge is 2.00. The van der Waals surface area contributed by atoms with Crippen LogP contribution in [0.4, 0.5) is 0 Å². The Morgan fingerprint density at radius 3 is 2.71 bits per heavy atom. The fraction of sp³-hybridized carbons (Fsp3) is 0.125. The third-order valence-electron chi connectivity index (χ3n) is 2.77. The van der Waals surface area contributed by atoms with Crippen LogP contribution >= 0.6 is 0 Å². The summed E-state index contributed by atoms with van der Waals surface area (Å²) >= 11 is 0. The lowest BCUT2D eigenvalue weighted by atomic mass is 10.0. The third kappa shape index (κ3) is 2.76. The van der Waals surface area contributed by atoms with Crippen LogP contribution < -0.4 is 0 Å². The molecule has 0 unspecified atom stereocenters. The van der Waals surface area contributed by atoms with Gasteiger partial charge in [0.2, 0.25) is 0 Å². The van der Waals surface area contributed by atoms with Gasteiger partial charge in [-0.1, -0.05) is 55.6 Å². The predicted molar refractivity (Wildman–Crippen MR) is 72.9 cm³/mol. The maximum atomic E-state index is 5.43. The molecule has 2 rings (SSSR count). The van der Waals surface area contributed by atoms with Crippen molar-refractivity contribution in [3.8, 4) is 0 Å². The van der Waals surface area contributed by atoms with E-state index in [4.69, 9.17) is 4.74 Å². The highest BCUT2D eigenvalue weighted by molar-refractivity contribution is 5.85. The topological polar surface area (TPSA) is 9.23 Å². The molecule has 0 heterocycles. The monoisotopic (exact) mass is 224 g/mol. The quantitative estimate of drug-likeness (QED) is 0.549. The third-order valence-corrected chi connectivity index (χ3v) is 2.77. The maximum Gasteiger partial charge on any atom is 0.111 e. The lowest BCUT2D eigenvalue weighted by Gasteiger charge is -2.08. The standard InChI is InChI=1S/C16H16O/c1-3-13(2)17-12-11-15-9-6-8-14-7-4-5-10-16(14)15/h3-10H,1-2,11-12H2. The average Bonchev–Trinajstić information content (AvgIpc) is 2.39. The van der Waals surface area contributed by atoms with E-state index in [0.717, 1.165) is 6.42 Å². The SMILES string of the molecule is C=CC(=C)OCCc1cccc2ccccc12. The van der Waals surface area contributed by atoms with Crippen molar-refractivity contribution in [1.82, 2.24) is 0 Å². The molecular weight excluding hydrogens is 208 g/mol. The molecule has 0 atom stereocenters. The Morgan fingerprint density at radius 1 is 1.12 bits per heavy atom. The van der Waals surface area contributed by atoms with E-state index in [-0.39, 0.29) is 0 Å². The van der Waals surface area contributed by atoms with Gasteiger partial charge in [0.05, 0.1) is 6.61 Å². The van der Waals surface area contributed by atoms with Gasteiger partial charge in [-0.05, 0) is 22.4 Å². The first-order valence-electron chi connectivity index (χ1n) is 5.72. The molecule has 0 saturated heterocycles. The minimum absolute atomic E-state index is 0.630. The van der Waals surface area contributed by atoms with Crippen LogP contribution in [0, 0.1) is 0 Å². The molecule has 0 N–H and O–H groups in total. The van der Waals surface area contributed by atoms with Crippen LogP contribution in [0.5, 0.6) is 0 Å². The number of fused-ring (bicyclic) bond motifs is 1. The van der Waals surface area contributed by atoms with Gasteiger partial charge in [-0.2, -0.15) is 0 Å². The number of ether oxygens (including phenoxy) is 1. The maximum absolute atomic E-state index is 5.43. The van der Waals surface area contributed by atoms with E-state index in [1.807, 2.05) is 0 Å². The molecule has 0 radical (unpaired) electrons. The van der Waals surface area contributed by atoms with E-state index < -0.39 is 0 Å². The van der Waals surface area contributed by atoms with E-state index in [0.29, 0.717) is 12.4 Å². The first kappa shape index (κ1) is 11.5. The van der Waals surface area contributed by atoms with Crippen LogP contribution in [0.1, 0.15) is 5.56 Å². The smallest absolute Gasteiger partial charge is 0.111 e. The molecule has 0 aliphatic carbocycles. The molecular formula is C16H16O. The van der Waals surface area contributed by atoms with Gasteiger partial charge in [-0.25, -0.2) is 0 Å². The van der Waals surface area contributed by atoms with E-state index in [9.17, 15) is 0 Å². The molecule has 1 heteroatoms. The number of allylic oxidation sites excluding steroid dienone is 1. The van der Waals surface area contributed by atoms with Gasteiger partial charge in [0.25, 0.3) is 0 Å². The zero-order chi connectivity index (χ0) is 12.1. The van der Waals surface area contributed by atoms with Gasteiger partial charge in [0, 0.05) is 6.42 Å². The summed E-state index contributed by atoms with van der Waals surface area (Å²) in [5.74, 6) is 0.630. The zero-order valence-electron chi connectivity index (χ0n) is 9.86. The molecule has 0 aromatic heterocycles. The van der Waals surface area contributed by atoms with Crippen LogP contribution in [0.25, 0.3) is 10.8 Å². The Morgan fingerprint density at radius 2 is 1.88 bits per heavy atom. The van der Waals surface area contributed by atoms with E-state index in [1.165, 1.54) is 16.3 Å². The van der Waals surface area contributed by atoms with Crippen molar-refractivity contribution in [3.63, 3.8) is 0 Å². The normalized spacial score (nSPS) is 10.1. The summed E-state index contributed by atoms with van der Waals surface area (Å²) in [6.07, 6.45) is 2.51. The van der Waals surface area contributed by atoms with Gasteiger partial charge >= 0.3 is 0 Å². The van der Waals surface area contributed by atoms with Gasteiger partial charge in [0.15, 0.2) is 0 Å². The fourth-order valence-corrected chi connectivity index (χ4v) is 1.86. The van der Waals surface area contributed by atoms with Crippen molar-refractivity contribution < 1.29 is 4.74 Å². The molecule has 17 heavy (non-hydrogen) atoms. The second-order valence-corrected chi connectivity index (χ2v) is 3.91. The first-order valence-corrected chi connectivity index (χ1v) is 5.72. The van der Waals surface area contributed by atoms with E-state index in [2.05, 4.69) is 55.6 Å². The Bertz CT molecular complexity index is 535. The Balaban J connectivity index is 2.13. The molecule has 0 bridgehead atoms. The van der Waals surface area contributed by atoms with Gasteiger partial charge < -0.3 is 4.74 Å². The van der Waals surface area contributed by atoms with Crippen molar-refractivity contribution in [3.05, 3.63) is 73.0 Å². The second-order valence-electron chi connectivity index (χ2n) is 3.91. The molecule has 2 aromatic rings. The van der Waals surface area contributed by atoms with Crippen LogP contribution in [-0.2, 0) is 11.2 Å². The molecule has 86 valence electrons. The molecule has 1 nitrogen and oxygen atoms in total. The van der Waals surface area contributed by atoms with Crippen LogP contribution in [0.2, 0.25) is 0 Å². The molecule has 0 aliphatic heterocycles. The summed E-state index contributed by atoms with van der Waals surface area (Å²) in [7, 11) is 0. The molecule has 0 saturated carbocycles. The van der Waals surface area contributed by atoms with Crippen LogP contribution in [0.15, 0.2) is 67.5 Å². The summed E-state index contributed by atoms with van der Waals surface area (Å²) in [6.45, 7) is 7.98. The highest BCUT2D eigenvalue weighted by atomic mass is 16.5. The van der Waals surface area contributed by atoms with Crippen LogP contribution in [-0.4, -0.2) is 6.61 Å². The molecule has 0 fully saturated rings. The van der Waals surface area contributed by atoms with Crippen molar-refractivity contribution in [1.29, 1.82) is 0 Å². The Labute approximate surface area is 102 Å². The minimum atomic E-state index is 0.630. The molecule has 2 aromatic carbocycles. The second kappa shape index (κ2) is 5.35. The summed E-state index contributed by atoms with van der Waals surface area (Å²) in [5, 5.41) is 2.57. The van der Waals surface area contributed by atoms with Crippen molar-refractivity contribution in [2.45, 2.75) is 6.42 Å². The Hall–Kier alpha value is -2.02. The van der Waals surface area contributed by atoms with Gasteiger partial charge in [-0.3, -0.25) is 0 Å². The number of hydrogen-bond donors (Lipinski definition) is 0. The van der Waals surface area contributed by atoms with Crippen molar-refractivity contribution >= 4 is 10.8 Å². The summed E-state index contributed by atoms with van der Waals surface area (Å²) in [6, 6.07) is 14.7. The Kier molecular flexibility index (Phi) is 3.61. The lowest BCUT2D eigenvalue weighted by Crippen LogP contribution is -1.97. The van der Waals surface area contributed by atoms with Crippen LogP contribution in [0.3, 0.4) is 0 Å². The summed E-state index contributed by atoms with van der Waals surface area (Å²) < 4.78 is 5.43.